The molecule has 13 heavy (non-hydrogen) atoms. The van der Waals surface area contributed by atoms with Gasteiger partial charge in [-0.3, -0.25) is 0 Å². The van der Waals surface area contributed by atoms with Crippen LogP contribution >= 0.6 is 0 Å². The Labute approximate surface area is 144 Å². The van der Waals surface area contributed by atoms with E-state index in [0.29, 0.717) is 0 Å². The maximum absolute atomic E-state index is 0. The third kappa shape index (κ3) is 273. The van der Waals surface area contributed by atoms with E-state index in [0.717, 1.165) is 0 Å². The van der Waals surface area contributed by atoms with Crippen molar-refractivity contribution in [1.82, 2.24) is 0 Å². The third-order valence-electron chi connectivity index (χ3n) is 0. The van der Waals surface area contributed by atoms with Crippen LogP contribution in [-0.2, 0) is 111 Å². The normalized spacial score (nSPS) is 0. The monoisotopic (exact) mass is 420 g/mol. The van der Waals surface area contributed by atoms with Crippen LogP contribution in [0.15, 0.2) is 0 Å². The van der Waals surface area contributed by atoms with Crippen LogP contribution in [0.3, 0.4) is 0 Å². The molecule has 74 valence electrons. The van der Waals surface area contributed by atoms with Gasteiger partial charge in [-0.2, -0.15) is 0 Å². The van der Waals surface area contributed by atoms with Crippen molar-refractivity contribution in [3.63, 3.8) is 0 Å². The van der Waals surface area contributed by atoms with Crippen molar-refractivity contribution in [1.29, 1.82) is 0 Å². The van der Waals surface area contributed by atoms with Crippen molar-refractivity contribution >= 4 is 34.7 Å². The van der Waals surface area contributed by atoms with Crippen molar-refractivity contribution in [2.75, 3.05) is 0 Å². The quantitative estimate of drug-likeness (QED) is 0.404. The summed E-state index contributed by atoms with van der Waals surface area (Å²) in [7, 11) is 0. The van der Waals surface area contributed by atoms with E-state index in [1.54, 1.807) is 0 Å². The molecule has 0 spiro atoms. The molecule has 0 bridgehead atoms. The summed E-state index contributed by atoms with van der Waals surface area (Å²) < 4.78 is 0. The van der Waals surface area contributed by atoms with Crippen molar-refractivity contribution in [2.24, 2.45) is 0 Å². The average Bonchev–Trinajstić information content (AvgIpc) is 0. The van der Waals surface area contributed by atoms with E-state index in [1.165, 1.54) is 0 Å². The van der Waals surface area contributed by atoms with Crippen LogP contribution in [0.5, 0.6) is 0 Å². The standard InChI is InChI=1S/2Al.2Cu.7O.2Zn/q2*+3;2*+2;7*-2;2*+2. The summed E-state index contributed by atoms with van der Waals surface area (Å²) in [6.45, 7) is 0. The largest absolute Gasteiger partial charge is 3.00 e. The summed E-state index contributed by atoms with van der Waals surface area (Å²) in [5.41, 5.74) is 0. The molecule has 0 aromatic heterocycles. The Kier molecular flexibility index (Phi) is 9420. The van der Waals surface area contributed by atoms with Crippen molar-refractivity contribution < 1.29 is 111 Å². The molecule has 0 fully saturated rings. The first kappa shape index (κ1) is 387. The first-order valence-corrected chi connectivity index (χ1v) is 0. The number of hydrogen-bond acceptors (Lipinski definition) is 0. The van der Waals surface area contributed by atoms with Crippen LogP contribution in [0.4, 0.5) is 0 Å². The molecule has 0 rings (SSSR count). The maximum Gasteiger partial charge on any atom is 3.00 e. The predicted molar refractivity (Wildman–Crippen MR) is 16.3 cm³/mol. The SMILES string of the molecule is [Al+3].[Al+3].[Cu+2].[Cu+2].[O-2].[O-2].[O-2].[O-2].[O-2].[O-2].[O-2].[Zn+2].[Zn+2]. The molecule has 0 aliphatic heterocycles. The molecule has 0 aromatic rings. The van der Waals surface area contributed by atoms with Crippen LogP contribution in [-0.4, -0.2) is 34.7 Å². The van der Waals surface area contributed by atoms with E-state index in [4.69, 9.17) is 0 Å². The molecule has 2 radical (unpaired) electrons. The fraction of sp³-hybridized carbons (Fsp3) is 0. The van der Waals surface area contributed by atoms with Gasteiger partial charge in [0.25, 0.3) is 0 Å². The minimum atomic E-state index is 0. The van der Waals surface area contributed by atoms with E-state index in [-0.39, 0.29) is 146 Å². The molecule has 0 aromatic carbocycles. The Bertz CT molecular complexity index is 22.5. The van der Waals surface area contributed by atoms with E-state index < -0.39 is 0 Å². The van der Waals surface area contributed by atoms with Gasteiger partial charge in [-0.1, -0.05) is 0 Å². The summed E-state index contributed by atoms with van der Waals surface area (Å²) in [6.07, 6.45) is 0. The van der Waals surface area contributed by atoms with Crippen LogP contribution in [0.25, 0.3) is 0 Å². The van der Waals surface area contributed by atoms with Gasteiger partial charge >= 0.3 is 108 Å². The molecule has 0 aliphatic carbocycles. The molecular weight excluding hydrogens is 424 g/mol. The smallest absolute Gasteiger partial charge is 2.00 e. The second-order valence-electron chi connectivity index (χ2n) is 0. The number of hydrogen-bond donors (Lipinski definition) is 0. The molecule has 0 unspecified atom stereocenters. The fourth-order valence-corrected chi connectivity index (χ4v) is 0. The predicted octanol–water partition coefficient (Wildman–Crippen LogP) is -1.60. The van der Waals surface area contributed by atoms with Crippen LogP contribution < -0.4 is 0 Å². The van der Waals surface area contributed by atoms with Crippen molar-refractivity contribution in [2.45, 2.75) is 0 Å². The Hall–Kier alpha value is 3.07. The van der Waals surface area contributed by atoms with Crippen molar-refractivity contribution in [3.8, 4) is 0 Å². The molecule has 0 N–H and O–H groups in total. The second kappa shape index (κ2) is 316. The topological polar surface area (TPSA) is 200 Å². The van der Waals surface area contributed by atoms with Crippen LogP contribution in [0.1, 0.15) is 0 Å². The fourth-order valence-electron chi connectivity index (χ4n) is 0. The third-order valence-corrected chi connectivity index (χ3v) is 0. The van der Waals surface area contributed by atoms with Gasteiger partial charge < -0.3 is 38.3 Å². The summed E-state index contributed by atoms with van der Waals surface area (Å²) in [5, 5.41) is 0. The zero-order chi connectivity index (χ0) is 0. The number of rotatable bonds is 0. The maximum atomic E-state index is 0. The van der Waals surface area contributed by atoms with E-state index >= 15 is 0 Å². The molecule has 0 heterocycles. The zero-order valence-electron chi connectivity index (χ0n) is 6.03. The van der Waals surface area contributed by atoms with Crippen LogP contribution in [0.2, 0.25) is 0 Å². The van der Waals surface area contributed by atoms with Gasteiger partial charge in [0.15, 0.2) is 0 Å². The van der Waals surface area contributed by atoms with Gasteiger partial charge in [-0.15, -0.1) is 0 Å². The zero-order valence-corrected chi connectivity index (χ0v) is 16.2. The van der Waals surface area contributed by atoms with E-state index in [2.05, 4.69) is 0 Å². The second-order valence-corrected chi connectivity index (χ2v) is 0. The Morgan fingerprint density at radius 2 is 0.308 bits per heavy atom. The average molecular weight is 424 g/mol. The Morgan fingerprint density at radius 3 is 0.308 bits per heavy atom. The molecule has 0 amide bonds. The van der Waals surface area contributed by atoms with Gasteiger partial charge in [-0.25, -0.2) is 0 Å². The summed E-state index contributed by atoms with van der Waals surface area (Å²) in [4.78, 5) is 0. The molecular formula is Al2Cu2O7Zn2. The first-order valence-electron chi connectivity index (χ1n) is 0. The molecule has 0 aliphatic rings. The molecule has 0 saturated heterocycles. The molecule has 7 nitrogen and oxygen atoms in total. The minimum absolute atomic E-state index is 0. The Balaban J connectivity index is 0. The first-order chi connectivity index (χ1) is 0. The summed E-state index contributed by atoms with van der Waals surface area (Å²) in [6, 6.07) is 0. The summed E-state index contributed by atoms with van der Waals surface area (Å²) >= 11 is 0. The molecule has 0 saturated carbocycles. The van der Waals surface area contributed by atoms with Gasteiger partial charge in [0.2, 0.25) is 0 Å². The van der Waals surface area contributed by atoms with E-state index in [1.807, 2.05) is 0 Å². The van der Waals surface area contributed by atoms with Crippen molar-refractivity contribution in [3.05, 3.63) is 0 Å². The molecule has 13 heteroatoms. The van der Waals surface area contributed by atoms with E-state index in [9.17, 15) is 0 Å². The van der Waals surface area contributed by atoms with Gasteiger partial charge in [0.1, 0.15) is 0 Å². The molecule has 0 atom stereocenters. The van der Waals surface area contributed by atoms with Gasteiger partial charge in [-0.05, 0) is 0 Å². The van der Waals surface area contributed by atoms with Crippen LogP contribution in [0, 0.1) is 0 Å². The summed E-state index contributed by atoms with van der Waals surface area (Å²) in [5.74, 6) is 0. The minimum Gasteiger partial charge on any atom is -2.00 e. The Morgan fingerprint density at radius 1 is 0.308 bits per heavy atom. The van der Waals surface area contributed by atoms with Gasteiger partial charge in [0.05, 0.1) is 0 Å². The van der Waals surface area contributed by atoms with Gasteiger partial charge in [0, 0.05) is 0 Å².